The highest BCUT2D eigenvalue weighted by atomic mass is 32.1. The number of halogens is 6. The van der Waals surface area contributed by atoms with Crippen molar-refractivity contribution in [2.75, 3.05) is 7.05 Å². The van der Waals surface area contributed by atoms with E-state index in [9.17, 15) is 26.3 Å². The zero-order valence-electron chi connectivity index (χ0n) is 10.9. The molecule has 0 bridgehead atoms. The quantitative estimate of drug-likeness (QED) is 0.803. The first-order chi connectivity index (χ1) is 9.09. The van der Waals surface area contributed by atoms with Crippen LogP contribution in [0.2, 0.25) is 0 Å². The number of alkyl halides is 6. The average Bonchev–Trinajstić information content (AvgIpc) is 2.72. The van der Waals surface area contributed by atoms with Crippen molar-refractivity contribution in [3.8, 4) is 0 Å². The lowest BCUT2D eigenvalue weighted by molar-refractivity contribution is -0.291. The molecule has 0 saturated heterocycles. The van der Waals surface area contributed by atoms with E-state index < -0.39 is 24.3 Å². The third kappa shape index (κ3) is 4.37. The summed E-state index contributed by atoms with van der Waals surface area (Å²) in [7, 11) is 1.11. The summed E-state index contributed by atoms with van der Waals surface area (Å²) in [5.41, 5.74) is 0. The van der Waals surface area contributed by atoms with Gasteiger partial charge in [0.2, 0.25) is 0 Å². The molecule has 0 aliphatic rings. The van der Waals surface area contributed by atoms with Gasteiger partial charge in [-0.25, -0.2) is 0 Å². The normalized spacial score (nSPS) is 14.8. The number of rotatable bonds is 5. The summed E-state index contributed by atoms with van der Waals surface area (Å²) in [5, 5.41) is 2.16. The predicted molar refractivity (Wildman–Crippen MR) is 65.8 cm³/mol. The molecule has 1 atom stereocenters. The van der Waals surface area contributed by atoms with E-state index in [0.29, 0.717) is 11.3 Å². The topological polar surface area (TPSA) is 12.0 Å². The van der Waals surface area contributed by atoms with Crippen LogP contribution in [0.3, 0.4) is 0 Å². The van der Waals surface area contributed by atoms with Crippen LogP contribution in [0, 0.1) is 5.92 Å². The van der Waals surface area contributed by atoms with Crippen LogP contribution < -0.4 is 5.32 Å². The van der Waals surface area contributed by atoms with Crippen molar-refractivity contribution in [2.45, 2.75) is 38.2 Å². The molecule has 0 aliphatic carbocycles. The predicted octanol–water partition coefficient (Wildman–Crippen LogP) is 4.18. The molecule has 0 aliphatic heterocycles. The number of aryl methyl sites for hydroxylation is 1. The molecule has 1 unspecified atom stereocenters. The Morgan fingerprint density at radius 1 is 1.05 bits per heavy atom. The number of likely N-dealkylation sites (N-methyl/N-ethyl adjacent to an activating group) is 1. The van der Waals surface area contributed by atoms with Gasteiger partial charge in [0.1, 0.15) is 0 Å². The van der Waals surface area contributed by atoms with Crippen molar-refractivity contribution in [1.82, 2.24) is 5.32 Å². The summed E-state index contributed by atoms with van der Waals surface area (Å²) in [6.45, 7) is 1.87. The molecule has 0 amide bonds. The van der Waals surface area contributed by atoms with Crippen LogP contribution in [0.5, 0.6) is 0 Å². The highest BCUT2D eigenvalue weighted by molar-refractivity contribution is 7.11. The van der Waals surface area contributed by atoms with E-state index in [-0.39, 0.29) is 6.42 Å². The molecule has 1 heterocycles. The average molecular weight is 319 g/mol. The van der Waals surface area contributed by atoms with Crippen LogP contribution in [-0.4, -0.2) is 25.4 Å². The lowest BCUT2D eigenvalue weighted by atomic mass is 9.95. The summed E-state index contributed by atoms with van der Waals surface area (Å²) < 4.78 is 76.0. The second-order valence-corrected chi connectivity index (χ2v) is 5.63. The molecule has 1 N–H and O–H groups in total. The molecule has 1 rings (SSSR count). The van der Waals surface area contributed by atoms with E-state index in [0.717, 1.165) is 11.9 Å². The van der Waals surface area contributed by atoms with Crippen LogP contribution >= 0.6 is 11.3 Å². The first-order valence-electron chi connectivity index (χ1n) is 5.97. The second-order valence-electron chi connectivity index (χ2n) is 4.38. The van der Waals surface area contributed by atoms with Crippen LogP contribution in [-0.2, 0) is 12.8 Å². The van der Waals surface area contributed by atoms with Gasteiger partial charge in [-0.15, -0.1) is 11.3 Å². The second kappa shape index (κ2) is 6.34. The van der Waals surface area contributed by atoms with E-state index >= 15 is 0 Å². The fourth-order valence-electron chi connectivity index (χ4n) is 1.97. The van der Waals surface area contributed by atoms with Gasteiger partial charge in [-0.2, -0.15) is 26.3 Å². The van der Waals surface area contributed by atoms with Gasteiger partial charge in [0, 0.05) is 15.8 Å². The third-order valence-corrected chi connectivity index (χ3v) is 4.22. The Kier molecular flexibility index (Phi) is 5.48. The summed E-state index contributed by atoms with van der Waals surface area (Å²) in [6.07, 6.45) is -10.2. The number of thiophene rings is 1. The first-order valence-corrected chi connectivity index (χ1v) is 6.79. The molecule has 0 fully saturated rings. The summed E-state index contributed by atoms with van der Waals surface area (Å²) in [4.78, 5) is 1.45. The van der Waals surface area contributed by atoms with Crippen LogP contribution in [0.4, 0.5) is 26.3 Å². The Morgan fingerprint density at radius 3 is 1.90 bits per heavy atom. The molecule has 1 aromatic rings. The van der Waals surface area contributed by atoms with Crippen molar-refractivity contribution in [1.29, 1.82) is 0 Å². The lowest BCUT2D eigenvalue weighted by Crippen LogP contribution is -2.50. The van der Waals surface area contributed by atoms with E-state index in [1.54, 1.807) is 12.1 Å². The molecule has 1 nitrogen and oxygen atoms in total. The summed E-state index contributed by atoms with van der Waals surface area (Å²) >= 11 is 1.24. The maximum absolute atomic E-state index is 12.7. The van der Waals surface area contributed by atoms with Gasteiger partial charge >= 0.3 is 12.4 Å². The van der Waals surface area contributed by atoms with Crippen molar-refractivity contribution < 1.29 is 26.3 Å². The fraction of sp³-hybridized carbons (Fsp3) is 0.667. The standard InChI is InChI=1S/C12H15F6NS/c1-3-7-4-5-8(20-7)6-9(19-2)10(11(13,14)15)12(16,17)18/h4-5,9-10,19H,3,6H2,1-2H3. The molecule has 1 aromatic heterocycles. The molecule has 0 aromatic carbocycles. The zero-order chi connectivity index (χ0) is 15.6. The van der Waals surface area contributed by atoms with Crippen molar-refractivity contribution in [3.05, 3.63) is 21.9 Å². The highest BCUT2D eigenvalue weighted by Crippen LogP contribution is 2.42. The molecule has 8 heteroatoms. The smallest absolute Gasteiger partial charge is 0.316 e. The van der Waals surface area contributed by atoms with E-state index in [2.05, 4.69) is 5.32 Å². The third-order valence-electron chi connectivity index (χ3n) is 2.97. The molecule has 0 spiro atoms. The van der Waals surface area contributed by atoms with Crippen molar-refractivity contribution in [2.24, 2.45) is 5.92 Å². The Labute approximate surface area is 117 Å². The SMILES string of the molecule is CCc1ccc(CC(NC)C(C(F)(F)F)C(F)(F)F)s1. The number of hydrogen-bond acceptors (Lipinski definition) is 2. The van der Waals surface area contributed by atoms with Gasteiger partial charge in [-0.1, -0.05) is 6.92 Å². The minimum atomic E-state index is -5.32. The summed E-state index contributed by atoms with van der Waals surface area (Å²) in [5.74, 6) is -3.37. The maximum atomic E-state index is 12.7. The van der Waals surface area contributed by atoms with Gasteiger partial charge in [-0.3, -0.25) is 0 Å². The van der Waals surface area contributed by atoms with Crippen molar-refractivity contribution in [3.63, 3.8) is 0 Å². The van der Waals surface area contributed by atoms with Crippen LogP contribution in [0.25, 0.3) is 0 Å². The van der Waals surface area contributed by atoms with Crippen LogP contribution in [0.15, 0.2) is 12.1 Å². The Balaban J connectivity index is 2.96. The summed E-state index contributed by atoms with van der Waals surface area (Å²) in [6, 6.07) is 1.58. The molecule has 0 saturated carbocycles. The van der Waals surface area contributed by atoms with Gasteiger partial charge < -0.3 is 5.32 Å². The Morgan fingerprint density at radius 2 is 1.55 bits per heavy atom. The zero-order valence-corrected chi connectivity index (χ0v) is 11.7. The lowest BCUT2D eigenvalue weighted by Gasteiger charge is -2.30. The molecular formula is C12H15F6NS. The van der Waals surface area contributed by atoms with Gasteiger partial charge in [0.05, 0.1) is 0 Å². The number of hydrogen-bond donors (Lipinski definition) is 1. The number of nitrogens with one attached hydrogen (secondary N) is 1. The Hall–Kier alpha value is -0.760. The minimum absolute atomic E-state index is 0.301. The van der Waals surface area contributed by atoms with Crippen LogP contribution in [0.1, 0.15) is 16.7 Å². The van der Waals surface area contributed by atoms with Gasteiger partial charge in [0.15, 0.2) is 5.92 Å². The maximum Gasteiger partial charge on any atom is 0.402 e. The molecule has 20 heavy (non-hydrogen) atoms. The highest BCUT2D eigenvalue weighted by Gasteiger charge is 2.59. The monoisotopic (exact) mass is 319 g/mol. The molecule has 116 valence electrons. The van der Waals surface area contributed by atoms with E-state index in [4.69, 9.17) is 0 Å². The van der Waals surface area contributed by atoms with Crippen molar-refractivity contribution >= 4 is 11.3 Å². The van der Waals surface area contributed by atoms with Gasteiger partial charge in [-0.05, 0) is 32.0 Å². The first kappa shape index (κ1) is 17.3. The molecular weight excluding hydrogens is 304 g/mol. The van der Waals surface area contributed by atoms with E-state index in [1.165, 1.54) is 11.3 Å². The molecule has 0 radical (unpaired) electrons. The largest absolute Gasteiger partial charge is 0.402 e. The Bertz CT molecular complexity index is 408. The van der Waals surface area contributed by atoms with Gasteiger partial charge in [0.25, 0.3) is 0 Å². The fourth-order valence-corrected chi connectivity index (χ4v) is 2.98. The minimum Gasteiger partial charge on any atom is -0.316 e. The van der Waals surface area contributed by atoms with E-state index in [1.807, 2.05) is 6.92 Å².